The summed E-state index contributed by atoms with van der Waals surface area (Å²) in [5, 5.41) is 14.2. The molecule has 0 atom stereocenters. The highest BCUT2D eigenvalue weighted by Crippen LogP contribution is 2.27. The van der Waals surface area contributed by atoms with Crippen LogP contribution in [-0.2, 0) is 0 Å². The van der Waals surface area contributed by atoms with E-state index in [4.69, 9.17) is 20.6 Å². The van der Waals surface area contributed by atoms with Gasteiger partial charge in [-0.2, -0.15) is 0 Å². The average molecular weight is 476 g/mol. The predicted octanol–water partition coefficient (Wildman–Crippen LogP) is 2.28. The fourth-order valence-electron chi connectivity index (χ4n) is 3.81. The van der Waals surface area contributed by atoms with Crippen molar-refractivity contribution in [3.8, 4) is 22.9 Å². The Kier molecular flexibility index (Phi) is 7.86. The maximum absolute atomic E-state index is 12.2. The van der Waals surface area contributed by atoms with Gasteiger partial charge in [-0.05, 0) is 36.4 Å². The minimum Gasteiger partial charge on any atom is -0.497 e. The largest absolute Gasteiger partial charge is 0.497 e. The summed E-state index contributed by atoms with van der Waals surface area (Å²) >= 11 is 0. The van der Waals surface area contributed by atoms with Crippen LogP contribution in [-0.4, -0.2) is 73.4 Å². The minimum atomic E-state index is -0.726. The Labute approximate surface area is 204 Å². The summed E-state index contributed by atoms with van der Waals surface area (Å²) in [7, 11) is 1.57. The van der Waals surface area contributed by atoms with Crippen molar-refractivity contribution >= 4 is 23.6 Å². The number of carbonyl (C=O) groups is 1. The van der Waals surface area contributed by atoms with Gasteiger partial charge in [-0.3, -0.25) is 9.69 Å². The van der Waals surface area contributed by atoms with Crippen LogP contribution in [0.5, 0.6) is 11.5 Å². The van der Waals surface area contributed by atoms with E-state index in [1.807, 2.05) is 42.5 Å². The molecule has 1 saturated heterocycles. The average Bonchev–Trinajstić information content (AvgIpc) is 2.89. The molecule has 0 bridgehead atoms. The van der Waals surface area contributed by atoms with E-state index >= 15 is 0 Å². The van der Waals surface area contributed by atoms with Crippen molar-refractivity contribution < 1.29 is 14.3 Å². The Hall–Kier alpha value is -4.02. The lowest BCUT2D eigenvalue weighted by Gasteiger charge is -2.26. The molecule has 0 aliphatic carbocycles. The number of carbonyl (C=O) groups excluding carboxylic acids is 1. The molecule has 0 unspecified atom stereocenters. The summed E-state index contributed by atoms with van der Waals surface area (Å²) in [6.07, 6.45) is 0.992. The Balaban J connectivity index is 1.53. The van der Waals surface area contributed by atoms with Gasteiger partial charge in [-0.15, -0.1) is 0 Å². The number of piperazine rings is 1. The first-order chi connectivity index (χ1) is 17.1. The third kappa shape index (κ3) is 6.11. The zero-order valence-electron chi connectivity index (χ0n) is 19.6. The number of rotatable bonds is 10. The van der Waals surface area contributed by atoms with E-state index in [0.29, 0.717) is 29.4 Å². The fourth-order valence-corrected chi connectivity index (χ4v) is 3.81. The Morgan fingerprint density at radius 3 is 2.63 bits per heavy atom. The maximum atomic E-state index is 12.2. The van der Waals surface area contributed by atoms with Crippen LogP contribution in [0, 0.1) is 5.41 Å². The molecule has 1 aliphatic heterocycles. The standard InChI is InChI=1S/C25H29N7O3/c1-34-20-4-2-3-17(15-20)24-30-21(16-26)22(23(27)33)25(31-24)29-18-5-7-19(8-6-18)35-14-13-32-11-9-28-10-12-32/h2-8,15-16,26,28H,9-14H2,1H3,(H2,27,33)(H,29,30,31). The molecule has 3 aromatic rings. The molecule has 4 rings (SSSR count). The highest BCUT2D eigenvalue weighted by Gasteiger charge is 2.19. The second-order valence-electron chi connectivity index (χ2n) is 7.99. The predicted molar refractivity (Wildman–Crippen MR) is 135 cm³/mol. The monoisotopic (exact) mass is 475 g/mol. The number of primary amides is 1. The Morgan fingerprint density at radius 2 is 1.94 bits per heavy atom. The normalized spacial score (nSPS) is 13.7. The van der Waals surface area contributed by atoms with Gasteiger partial charge in [0.05, 0.1) is 12.8 Å². The molecular weight excluding hydrogens is 446 g/mol. The van der Waals surface area contributed by atoms with E-state index in [1.54, 1.807) is 13.2 Å². The van der Waals surface area contributed by atoms with Gasteiger partial charge >= 0.3 is 0 Å². The first kappa shape index (κ1) is 24.1. The van der Waals surface area contributed by atoms with Gasteiger partial charge in [-0.25, -0.2) is 9.97 Å². The molecule has 2 aromatic carbocycles. The van der Waals surface area contributed by atoms with Crippen LogP contribution in [0.25, 0.3) is 11.4 Å². The van der Waals surface area contributed by atoms with Gasteiger partial charge in [0.2, 0.25) is 0 Å². The molecule has 1 amide bonds. The van der Waals surface area contributed by atoms with Crippen LogP contribution in [0.2, 0.25) is 0 Å². The number of benzene rings is 2. The topological polar surface area (TPSA) is 138 Å². The number of methoxy groups -OCH3 is 1. The van der Waals surface area contributed by atoms with E-state index in [-0.39, 0.29) is 17.1 Å². The van der Waals surface area contributed by atoms with Crippen LogP contribution in [0.15, 0.2) is 48.5 Å². The van der Waals surface area contributed by atoms with E-state index in [9.17, 15) is 4.79 Å². The number of hydrogen-bond donors (Lipinski definition) is 4. The third-order valence-electron chi connectivity index (χ3n) is 5.65. The van der Waals surface area contributed by atoms with Crippen molar-refractivity contribution in [3.63, 3.8) is 0 Å². The Bertz CT molecular complexity index is 1180. The summed E-state index contributed by atoms with van der Waals surface area (Å²) in [5.74, 6) is 1.22. The van der Waals surface area contributed by atoms with Crippen LogP contribution in [0.3, 0.4) is 0 Å². The lowest BCUT2D eigenvalue weighted by atomic mass is 10.1. The van der Waals surface area contributed by atoms with Crippen LogP contribution >= 0.6 is 0 Å². The number of hydrogen-bond acceptors (Lipinski definition) is 9. The quantitative estimate of drug-likeness (QED) is 0.328. The van der Waals surface area contributed by atoms with E-state index in [1.165, 1.54) is 0 Å². The van der Waals surface area contributed by atoms with Crippen molar-refractivity contribution in [1.29, 1.82) is 5.41 Å². The SMILES string of the molecule is COc1cccc(-c2nc(C=N)c(C(N)=O)c(Nc3ccc(OCCN4CCNCC4)cc3)n2)c1. The molecule has 1 aromatic heterocycles. The number of anilines is 2. The van der Waals surface area contributed by atoms with Crippen molar-refractivity contribution in [2.24, 2.45) is 5.73 Å². The number of aromatic nitrogens is 2. The van der Waals surface area contributed by atoms with Crippen LogP contribution in [0.1, 0.15) is 16.1 Å². The van der Waals surface area contributed by atoms with E-state index in [0.717, 1.165) is 44.7 Å². The van der Waals surface area contributed by atoms with E-state index < -0.39 is 5.91 Å². The van der Waals surface area contributed by atoms with Gasteiger partial charge in [0.1, 0.15) is 29.5 Å². The molecule has 2 heterocycles. The number of ether oxygens (including phenoxy) is 2. The number of nitrogens with one attached hydrogen (secondary N) is 3. The molecule has 182 valence electrons. The first-order valence-electron chi connectivity index (χ1n) is 11.4. The number of nitrogens with zero attached hydrogens (tertiary/aromatic N) is 3. The summed E-state index contributed by atoms with van der Waals surface area (Å²) in [6.45, 7) is 5.57. The molecule has 0 spiro atoms. The van der Waals surface area contributed by atoms with Crippen molar-refractivity contribution in [1.82, 2.24) is 20.2 Å². The third-order valence-corrected chi connectivity index (χ3v) is 5.65. The fraction of sp³-hybridized carbons (Fsp3) is 0.280. The van der Waals surface area contributed by atoms with Gasteiger partial charge < -0.3 is 31.3 Å². The molecule has 1 fully saturated rings. The van der Waals surface area contributed by atoms with Gasteiger partial charge in [0.15, 0.2) is 5.82 Å². The Morgan fingerprint density at radius 1 is 1.17 bits per heavy atom. The summed E-state index contributed by atoms with van der Waals surface area (Å²) in [6, 6.07) is 14.6. The van der Waals surface area contributed by atoms with Crippen molar-refractivity contribution in [2.45, 2.75) is 0 Å². The molecule has 0 saturated carbocycles. The highest BCUT2D eigenvalue weighted by molar-refractivity contribution is 6.04. The zero-order valence-corrected chi connectivity index (χ0v) is 19.6. The molecule has 10 heteroatoms. The summed E-state index contributed by atoms with van der Waals surface area (Å²) in [4.78, 5) is 23.5. The molecule has 0 radical (unpaired) electrons. The molecular formula is C25H29N7O3. The highest BCUT2D eigenvalue weighted by atomic mass is 16.5. The minimum absolute atomic E-state index is 0.0444. The van der Waals surface area contributed by atoms with Crippen LogP contribution < -0.4 is 25.8 Å². The summed E-state index contributed by atoms with van der Waals surface area (Å²) < 4.78 is 11.2. The van der Waals surface area contributed by atoms with Crippen LogP contribution in [0.4, 0.5) is 11.5 Å². The molecule has 1 aliphatic rings. The molecule has 35 heavy (non-hydrogen) atoms. The van der Waals surface area contributed by atoms with Crippen molar-refractivity contribution in [2.75, 3.05) is 51.8 Å². The van der Waals surface area contributed by atoms with Crippen molar-refractivity contribution in [3.05, 3.63) is 59.8 Å². The molecule has 10 nitrogen and oxygen atoms in total. The number of nitrogens with two attached hydrogens (primary N) is 1. The van der Waals surface area contributed by atoms with Gasteiger partial charge in [-0.1, -0.05) is 12.1 Å². The van der Waals surface area contributed by atoms with Gasteiger partial charge in [0.25, 0.3) is 5.91 Å². The zero-order chi connectivity index (χ0) is 24.6. The first-order valence-corrected chi connectivity index (χ1v) is 11.4. The molecule has 5 N–H and O–H groups in total. The lowest BCUT2D eigenvalue weighted by molar-refractivity contribution is 0.100. The maximum Gasteiger partial charge on any atom is 0.254 e. The van der Waals surface area contributed by atoms with E-state index in [2.05, 4.69) is 25.5 Å². The second-order valence-corrected chi connectivity index (χ2v) is 7.99. The smallest absolute Gasteiger partial charge is 0.254 e. The summed E-state index contributed by atoms with van der Waals surface area (Å²) in [5.41, 5.74) is 7.15. The lowest BCUT2D eigenvalue weighted by Crippen LogP contribution is -2.44. The second kappa shape index (κ2) is 11.4. The van der Waals surface area contributed by atoms with Gasteiger partial charge in [0, 0.05) is 50.2 Å². The number of amides is 1.